The molecule has 0 aliphatic rings. The Balaban J connectivity index is 2.19. The molecule has 2 aromatic carbocycles. The van der Waals surface area contributed by atoms with Crippen molar-refractivity contribution in [2.45, 2.75) is 46.6 Å². The number of carbonyl (C=O) groups excluding carboxylic acids is 2. The van der Waals surface area contributed by atoms with Crippen molar-refractivity contribution < 1.29 is 23.1 Å². The van der Waals surface area contributed by atoms with Crippen LogP contribution in [0.2, 0.25) is 0 Å². The van der Waals surface area contributed by atoms with Gasteiger partial charge < -0.3 is 4.74 Å². The Bertz CT molecular complexity index is 948. The summed E-state index contributed by atoms with van der Waals surface area (Å²) in [7, 11) is 5.59. The molecule has 0 aliphatic heterocycles. The van der Waals surface area contributed by atoms with Gasteiger partial charge >= 0.3 is 0 Å². The van der Waals surface area contributed by atoms with Crippen molar-refractivity contribution in [3.05, 3.63) is 65.2 Å². The minimum Gasteiger partial charge on any atom is -0.474 e. The highest BCUT2D eigenvalue weighted by Gasteiger charge is 2.34. The molecule has 0 unspecified atom stereocenters. The monoisotopic (exact) mass is 410 g/mol. The van der Waals surface area contributed by atoms with Gasteiger partial charge in [-0.05, 0) is 43.0 Å². The Morgan fingerprint density at radius 2 is 1.53 bits per heavy atom. The number of ketones is 2. The Hall–Kier alpha value is -2.76. The Morgan fingerprint density at radius 1 is 1.00 bits per heavy atom. The molecule has 0 aromatic heterocycles. The SMILES string of the molecule is [B]c1ccc(C(=O)/C=C/c2cc(F)c(OC(C)(C)C(=O)CC(C)(C)C)c(F)c2)cc1. The summed E-state index contributed by atoms with van der Waals surface area (Å²) < 4.78 is 34.5. The van der Waals surface area contributed by atoms with Gasteiger partial charge in [0, 0.05) is 12.0 Å². The molecule has 0 aliphatic carbocycles. The first-order valence-corrected chi connectivity index (χ1v) is 9.58. The van der Waals surface area contributed by atoms with E-state index in [0.29, 0.717) is 11.0 Å². The van der Waals surface area contributed by atoms with Crippen LogP contribution in [0.4, 0.5) is 8.78 Å². The number of rotatable bonds is 7. The van der Waals surface area contributed by atoms with Gasteiger partial charge in [-0.3, -0.25) is 9.59 Å². The molecule has 0 spiro atoms. The summed E-state index contributed by atoms with van der Waals surface area (Å²) >= 11 is 0. The third-order valence-electron chi connectivity index (χ3n) is 4.36. The van der Waals surface area contributed by atoms with Crippen molar-refractivity contribution in [1.29, 1.82) is 0 Å². The summed E-state index contributed by atoms with van der Waals surface area (Å²) in [5, 5.41) is 0. The lowest BCUT2D eigenvalue weighted by molar-refractivity contribution is -0.134. The maximum absolute atomic E-state index is 14.5. The lowest BCUT2D eigenvalue weighted by Gasteiger charge is -2.28. The van der Waals surface area contributed by atoms with Crippen LogP contribution in [0.1, 0.15) is 57.0 Å². The molecular weight excluding hydrogens is 385 g/mol. The Kier molecular flexibility index (Phi) is 7.01. The molecule has 0 saturated carbocycles. The van der Waals surface area contributed by atoms with Crippen LogP contribution in [0.5, 0.6) is 5.75 Å². The predicted octanol–water partition coefficient (Wildman–Crippen LogP) is 4.82. The Morgan fingerprint density at radius 3 is 2.03 bits per heavy atom. The van der Waals surface area contributed by atoms with Gasteiger partial charge in [-0.1, -0.05) is 56.6 Å². The number of halogens is 2. The third kappa shape index (κ3) is 6.38. The van der Waals surface area contributed by atoms with Crippen molar-refractivity contribution in [2.75, 3.05) is 0 Å². The molecule has 30 heavy (non-hydrogen) atoms. The zero-order valence-corrected chi connectivity index (χ0v) is 17.9. The van der Waals surface area contributed by atoms with E-state index in [-0.39, 0.29) is 29.0 Å². The first-order chi connectivity index (χ1) is 13.8. The summed E-state index contributed by atoms with van der Waals surface area (Å²) in [6.45, 7) is 8.66. The fraction of sp³-hybridized carbons (Fsp3) is 0.333. The predicted molar refractivity (Wildman–Crippen MR) is 115 cm³/mol. The summed E-state index contributed by atoms with van der Waals surface area (Å²) in [5.41, 5.74) is -0.586. The van der Waals surface area contributed by atoms with Crippen LogP contribution in [0.15, 0.2) is 42.5 Å². The van der Waals surface area contributed by atoms with E-state index in [1.54, 1.807) is 24.3 Å². The summed E-state index contributed by atoms with van der Waals surface area (Å²) in [5.74, 6) is -3.11. The minimum atomic E-state index is -1.39. The second-order valence-electron chi connectivity index (χ2n) is 8.91. The van der Waals surface area contributed by atoms with Gasteiger partial charge in [-0.15, -0.1) is 0 Å². The lowest BCUT2D eigenvalue weighted by atomic mass is 9.85. The highest BCUT2D eigenvalue weighted by atomic mass is 19.1. The standard InChI is InChI=1S/C24H25BF2O3/c1-23(2,3)14-21(29)24(4,5)30-22-18(26)12-15(13-19(22)27)6-11-20(28)16-7-9-17(25)10-8-16/h6-13H,14H2,1-5H3/b11-6+. The van der Waals surface area contributed by atoms with Gasteiger partial charge in [0.25, 0.3) is 0 Å². The van der Waals surface area contributed by atoms with Crippen LogP contribution in [-0.4, -0.2) is 25.0 Å². The van der Waals surface area contributed by atoms with Crippen molar-refractivity contribution in [3.8, 4) is 5.75 Å². The molecule has 0 N–H and O–H groups in total. The summed E-state index contributed by atoms with van der Waals surface area (Å²) in [4.78, 5) is 24.6. The average Bonchev–Trinajstić information content (AvgIpc) is 2.62. The van der Waals surface area contributed by atoms with E-state index >= 15 is 0 Å². The van der Waals surface area contributed by atoms with E-state index in [9.17, 15) is 18.4 Å². The van der Waals surface area contributed by atoms with Crippen LogP contribution >= 0.6 is 0 Å². The molecule has 0 bridgehead atoms. The van der Waals surface area contributed by atoms with Crippen molar-refractivity contribution in [2.24, 2.45) is 5.41 Å². The van der Waals surface area contributed by atoms with Gasteiger partial charge in [0.05, 0.1) is 0 Å². The van der Waals surface area contributed by atoms with Gasteiger partial charge in [-0.2, -0.15) is 0 Å². The summed E-state index contributed by atoms with van der Waals surface area (Å²) in [6.07, 6.45) is 2.74. The van der Waals surface area contributed by atoms with Gasteiger partial charge in [0.2, 0.25) is 0 Å². The fourth-order valence-electron chi connectivity index (χ4n) is 2.70. The molecule has 6 heteroatoms. The van der Waals surface area contributed by atoms with Crippen LogP contribution in [0, 0.1) is 17.0 Å². The van der Waals surface area contributed by atoms with E-state index in [1.165, 1.54) is 26.0 Å². The van der Waals surface area contributed by atoms with E-state index in [0.717, 1.165) is 12.1 Å². The lowest BCUT2D eigenvalue weighted by Crippen LogP contribution is -2.40. The van der Waals surface area contributed by atoms with E-state index in [4.69, 9.17) is 12.6 Å². The van der Waals surface area contributed by atoms with Gasteiger partial charge in [-0.25, -0.2) is 8.78 Å². The smallest absolute Gasteiger partial charge is 0.192 e. The van der Waals surface area contributed by atoms with Crippen molar-refractivity contribution in [3.63, 3.8) is 0 Å². The molecule has 0 saturated heterocycles. The topological polar surface area (TPSA) is 43.4 Å². The van der Waals surface area contributed by atoms with Crippen molar-refractivity contribution >= 4 is 31.0 Å². The molecule has 156 valence electrons. The quantitative estimate of drug-likeness (QED) is 0.374. The van der Waals surface area contributed by atoms with Gasteiger partial charge in [0.15, 0.2) is 34.6 Å². The first-order valence-electron chi connectivity index (χ1n) is 9.58. The largest absolute Gasteiger partial charge is 0.474 e. The fourth-order valence-corrected chi connectivity index (χ4v) is 2.70. The molecule has 0 atom stereocenters. The van der Waals surface area contributed by atoms with Crippen LogP contribution in [-0.2, 0) is 4.79 Å². The first kappa shape index (κ1) is 23.5. The molecule has 0 amide bonds. The molecule has 2 aromatic rings. The molecule has 3 nitrogen and oxygen atoms in total. The van der Waals surface area contributed by atoms with E-state index in [2.05, 4.69) is 0 Å². The van der Waals surface area contributed by atoms with Gasteiger partial charge in [0.1, 0.15) is 7.85 Å². The number of benzene rings is 2. The van der Waals surface area contributed by atoms with Crippen molar-refractivity contribution in [1.82, 2.24) is 0 Å². The number of ether oxygens (including phenoxy) is 1. The van der Waals surface area contributed by atoms with Crippen LogP contribution in [0.25, 0.3) is 6.08 Å². The zero-order valence-electron chi connectivity index (χ0n) is 17.9. The molecule has 0 fully saturated rings. The Labute approximate surface area is 177 Å². The van der Waals surface area contributed by atoms with E-state index in [1.807, 2.05) is 20.8 Å². The number of hydrogen-bond acceptors (Lipinski definition) is 3. The maximum atomic E-state index is 14.5. The van der Waals surface area contributed by atoms with E-state index < -0.39 is 23.0 Å². The molecule has 0 heterocycles. The van der Waals surface area contributed by atoms with Crippen LogP contribution in [0.3, 0.4) is 0 Å². The van der Waals surface area contributed by atoms with Crippen LogP contribution < -0.4 is 10.2 Å². The number of allylic oxidation sites excluding steroid dienone is 1. The molecular formula is C24H25BF2O3. The normalized spacial score (nSPS) is 12.2. The second kappa shape index (κ2) is 8.94. The highest BCUT2D eigenvalue weighted by Crippen LogP contribution is 2.30. The maximum Gasteiger partial charge on any atom is 0.192 e. The number of hydrogen-bond donors (Lipinski definition) is 0. The third-order valence-corrected chi connectivity index (χ3v) is 4.36. The highest BCUT2D eigenvalue weighted by molar-refractivity contribution is 6.32. The zero-order chi connectivity index (χ0) is 22.7. The number of Topliss-reactive ketones (excluding diaryl/α,β-unsaturated/α-hetero) is 1. The number of carbonyl (C=O) groups is 2. The summed E-state index contributed by atoms with van der Waals surface area (Å²) in [6, 6.07) is 8.42. The minimum absolute atomic E-state index is 0.153. The average molecular weight is 410 g/mol. The molecule has 2 radical (unpaired) electrons. The second-order valence-corrected chi connectivity index (χ2v) is 8.91. The molecule has 2 rings (SSSR count).